The van der Waals surface area contributed by atoms with Crippen LogP contribution in [0.15, 0.2) is 17.8 Å². The summed E-state index contributed by atoms with van der Waals surface area (Å²) in [6.45, 7) is 0.609. The van der Waals surface area contributed by atoms with Crippen LogP contribution in [0.1, 0.15) is 5.01 Å². The summed E-state index contributed by atoms with van der Waals surface area (Å²) in [7, 11) is 1.76. The van der Waals surface area contributed by atoms with Crippen LogP contribution >= 0.6 is 22.9 Å². The second-order valence-electron chi connectivity index (χ2n) is 2.92. The van der Waals surface area contributed by atoms with E-state index >= 15 is 0 Å². The summed E-state index contributed by atoms with van der Waals surface area (Å²) in [6, 6.07) is 0. The summed E-state index contributed by atoms with van der Waals surface area (Å²) in [5, 5.41) is 9.38. The molecule has 0 spiro atoms. The maximum absolute atomic E-state index is 5.96. The highest BCUT2D eigenvalue weighted by molar-refractivity contribution is 7.09. The highest BCUT2D eigenvalue weighted by Crippen LogP contribution is 2.20. The normalized spacial score (nSPS) is 10.1. The van der Waals surface area contributed by atoms with Gasteiger partial charge in [-0.3, -0.25) is 0 Å². The maximum atomic E-state index is 5.96. The van der Waals surface area contributed by atoms with Crippen molar-refractivity contribution in [1.29, 1.82) is 0 Å². The van der Waals surface area contributed by atoms with E-state index in [9.17, 15) is 0 Å². The van der Waals surface area contributed by atoms with Gasteiger partial charge in [0.25, 0.3) is 0 Å². The van der Waals surface area contributed by atoms with E-state index in [1.54, 1.807) is 30.8 Å². The predicted octanol–water partition coefficient (Wildman–Crippen LogP) is 2.24. The lowest BCUT2D eigenvalue weighted by Gasteiger charge is -2.06. The van der Waals surface area contributed by atoms with Gasteiger partial charge < -0.3 is 10.6 Å². The number of thiazole rings is 1. The Balaban J connectivity index is 2.08. The molecule has 0 atom stereocenters. The SMILES string of the molecule is CNc1ncc(Cl)c(NCc2nccs2)n1. The first-order chi connectivity index (χ1) is 7.79. The van der Waals surface area contributed by atoms with Crippen LogP contribution in [0.4, 0.5) is 11.8 Å². The molecule has 0 amide bonds. The molecule has 2 aromatic rings. The van der Waals surface area contributed by atoms with Crippen LogP contribution in [-0.2, 0) is 6.54 Å². The Kier molecular flexibility index (Phi) is 3.53. The second-order valence-corrected chi connectivity index (χ2v) is 4.31. The minimum Gasteiger partial charge on any atom is -0.362 e. The Morgan fingerprint density at radius 3 is 3.00 bits per heavy atom. The second kappa shape index (κ2) is 5.09. The molecule has 0 saturated heterocycles. The van der Waals surface area contributed by atoms with Gasteiger partial charge in [-0.25, -0.2) is 9.97 Å². The zero-order chi connectivity index (χ0) is 11.4. The fraction of sp³-hybridized carbons (Fsp3) is 0.222. The topological polar surface area (TPSA) is 62.7 Å². The van der Waals surface area contributed by atoms with E-state index in [4.69, 9.17) is 11.6 Å². The summed E-state index contributed by atoms with van der Waals surface area (Å²) in [6.07, 6.45) is 3.33. The molecule has 84 valence electrons. The van der Waals surface area contributed by atoms with Crippen molar-refractivity contribution in [2.24, 2.45) is 0 Å². The molecule has 0 radical (unpaired) electrons. The molecule has 0 fully saturated rings. The van der Waals surface area contributed by atoms with Crippen molar-refractivity contribution in [3.8, 4) is 0 Å². The molecule has 2 N–H and O–H groups in total. The number of halogens is 1. The number of nitrogens with zero attached hydrogens (tertiary/aromatic N) is 3. The quantitative estimate of drug-likeness (QED) is 0.877. The monoisotopic (exact) mass is 255 g/mol. The number of hydrogen-bond acceptors (Lipinski definition) is 6. The van der Waals surface area contributed by atoms with Crippen molar-refractivity contribution >= 4 is 34.7 Å². The first-order valence-electron chi connectivity index (χ1n) is 4.62. The van der Waals surface area contributed by atoms with Crippen LogP contribution in [0.25, 0.3) is 0 Å². The molecule has 2 aromatic heterocycles. The van der Waals surface area contributed by atoms with Crippen LogP contribution in [0.3, 0.4) is 0 Å². The molecule has 2 heterocycles. The standard InChI is InChI=1S/C9H10ClN5S/c1-11-9-14-4-6(10)8(15-9)13-5-7-12-2-3-16-7/h2-4H,5H2,1H3,(H2,11,13,14,15). The first kappa shape index (κ1) is 11.1. The number of hydrogen-bond donors (Lipinski definition) is 2. The van der Waals surface area contributed by atoms with Gasteiger partial charge in [0.15, 0.2) is 5.82 Å². The molecule has 5 nitrogen and oxygen atoms in total. The third kappa shape index (κ3) is 2.59. The minimum absolute atomic E-state index is 0.496. The molecule has 0 bridgehead atoms. The summed E-state index contributed by atoms with van der Waals surface area (Å²) in [5.74, 6) is 1.14. The first-order valence-corrected chi connectivity index (χ1v) is 5.88. The molecule has 0 unspecified atom stereocenters. The van der Waals surface area contributed by atoms with E-state index in [1.807, 2.05) is 5.38 Å². The van der Waals surface area contributed by atoms with Crippen LogP contribution in [-0.4, -0.2) is 22.0 Å². The van der Waals surface area contributed by atoms with Crippen LogP contribution in [0, 0.1) is 0 Å². The molecular weight excluding hydrogens is 246 g/mol. The Bertz CT molecular complexity index is 459. The highest BCUT2D eigenvalue weighted by Gasteiger charge is 2.04. The van der Waals surface area contributed by atoms with Crippen LogP contribution < -0.4 is 10.6 Å². The molecule has 7 heteroatoms. The summed E-state index contributed by atoms with van der Waals surface area (Å²) >= 11 is 7.54. The Morgan fingerprint density at radius 1 is 1.44 bits per heavy atom. The molecule has 0 saturated carbocycles. The number of aromatic nitrogens is 3. The zero-order valence-electron chi connectivity index (χ0n) is 8.57. The van der Waals surface area contributed by atoms with Gasteiger partial charge in [-0.05, 0) is 0 Å². The average molecular weight is 256 g/mol. The Morgan fingerprint density at radius 2 is 2.31 bits per heavy atom. The third-order valence-electron chi connectivity index (χ3n) is 1.86. The molecule has 0 aliphatic heterocycles. The van der Waals surface area contributed by atoms with E-state index in [2.05, 4.69) is 25.6 Å². The van der Waals surface area contributed by atoms with Crippen molar-refractivity contribution in [2.75, 3.05) is 17.7 Å². The van der Waals surface area contributed by atoms with Gasteiger partial charge in [-0.1, -0.05) is 11.6 Å². The van der Waals surface area contributed by atoms with Gasteiger partial charge >= 0.3 is 0 Å². The Hall–Kier alpha value is -1.40. The van der Waals surface area contributed by atoms with Crippen molar-refractivity contribution in [1.82, 2.24) is 15.0 Å². The number of rotatable bonds is 4. The average Bonchev–Trinajstić information content (AvgIpc) is 2.81. The lowest BCUT2D eigenvalue weighted by Crippen LogP contribution is -2.04. The van der Waals surface area contributed by atoms with Gasteiger partial charge in [0.2, 0.25) is 5.95 Å². The van der Waals surface area contributed by atoms with Crippen LogP contribution in [0.2, 0.25) is 5.02 Å². The van der Waals surface area contributed by atoms with Crippen molar-refractivity contribution in [3.63, 3.8) is 0 Å². The lowest BCUT2D eigenvalue weighted by molar-refractivity contribution is 1.06. The Labute approximate surface area is 102 Å². The van der Waals surface area contributed by atoms with E-state index in [-0.39, 0.29) is 0 Å². The van der Waals surface area contributed by atoms with E-state index in [0.717, 1.165) is 5.01 Å². The van der Waals surface area contributed by atoms with Crippen molar-refractivity contribution < 1.29 is 0 Å². The van der Waals surface area contributed by atoms with Crippen molar-refractivity contribution in [2.45, 2.75) is 6.54 Å². The largest absolute Gasteiger partial charge is 0.362 e. The van der Waals surface area contributed by atoms with Crippen molar-refractivity contribution in [3.05, 3.63) is 27.8 Å². The summed E-state index contributed by atoms with van der Waals surface area (Å²) in [5.41, 5.74) is 0. The highest BCUT2D eigenvalue weighted by atomic mass is 35.5. The van der Waals surface area contributed by atoms with E-state index in [1.165, 1.54) is 0 Å². The third-order valence-corrected chi connectivity index (χ3v) is 2.91. The van der Waals surface area contributed by atoms with E-state index < -0.39 is 0 Å². The fourth-order valence-corrected chi connectivity index (χ4v) is 1.83. The molecular formula is C9H10ClN5S. The zero-order valence-corrected chi connectivity index (χ0v) is 10.1. The van der Waals surface area contributed by atoms with Gasteiger partial charge in [-0.2, -0.15) is 4.98 Å². The summed E-state index contributed by atoms with van der Waals surface area (Å²) < 4.78 is 0. The van der Waals surface area contributed by atoms with Gasteiger partial charge in [0.05, 0.1) is 12.7 Å². The van der Waals surface area contributed by atoms with Gasteiger partial charge in [-0.15, -0.1) is 11.3 Å². The number of anilines is 2. The smallest absolute Gasteiger partial charge is 0.224 e. The number of nitrogens with one attached hydrogen (secondary N) is 2. The lowest BCUT2D eigenvalue weighted by atomic mass is 10.5. The molecule has 0 aliphatic carbocycles. The molecule has 2 rings (SSSR count). The van der Waals surface area contributed by atoms with Gasteiger partial charge in [0, 0.05) is 18.6 Å². The predicted molar refractivity (Wildman–Crippen MR) is 66.0 cm³/mol. The molecule has 0 aromatic carbocycles. The van der Waals surface area contributed by atoms with Crippen LogP contribution in [0.5, 0.6) is 0 Å². The summed E-state index contributed by atoms with van der Waals surface area (Å²) in [4.78, 5) is 12.4. The van der Waals surface area contributed by atoms with E-state index in [0.29, 0.717) is 23.3 Å². The van der Waals surface area contributed by atoms with Gasteiger partial charge in [0.1, 0.15) is 10.0 Å². The fourth-order valence-electron chi connectivity index (χ4n) is 1.11. The molecule has 16 heavy (non-hydrogen) atoms. The maximum Gasteiger partial charge on any atom is 0.224 e. The molecule has 0 aliphatic rings. The minimum atomic E-state index is 0.496.